The number of hydrogen-bond donors (Lipinski definition) is 3. The van der Waals surface area contributed by atoms with Crippen LogP contribution < -0.4 is 10.6 Å². The highest BCUT2D eigenvalue weighted by Gasteiger charge is 2.13. The number of carbonyl (C=O) groups is 1. The lowest BCUT2D eigenvalue weighted by Gasteiger charge is -2.14. The first-order valence-corrected chi connectivity index (χ1v) is 7.81. The third kappa shape index (κ3) is 4.07. The molecule has 0 saturated heterocycles. The summed E-state index contributed by atoms with van der Waals surface area (Å²) < 4.78 is 5.21. The number of pyridine rings is 1. The van der Waals surface area contributed by atoms with E-state index in [2.05, 4.69) is 31.5 Å². The van der Waals surface area contributed by atoms with Gasteiger partial charge in [0.25, 0.3) is 0 Å². The van der Waals surface area contributed by atoms with E-state index in [1.54, 1.807) is 44.4 Å². The topological polar surface area (TPSA) is 87.1 Å². The molecule has 6 nitrogen and oxygen atoms in total. The summed E-state index contributed by atoms with van der Waals surface area (Å²) in [5.74, 6) is 0.216. The van der Waals surface area contributed by atoms with Gasteiger partial charge in [-0.3, -0.25) is 5.41 Å². The number of nitrogens with one attached hydrogen (secondary N) is 3. The number of benzene rings is 1. The van der Waals surface area contributed by atoms with Crippen molar-refractivity contribution in [2.45, 2.75) is 6.92 Å². The number of aromatic nitrogens is 1. The zero-order valence-corrected chi connectivity index (χ0v) is 14.4. The minimum absolute atomic E-state index is 0.207. The molecule has 0 aliphatic carbocycles. The summed E-state index contributed by atoms with van der Waals surface area (Å²) in [7, 11) is 1.74. The summed E-state index contributed by atoms with van der Waals surface area (Å²) in [6.07, 6.45) is 1.64. The molecule has 0 aliphatic rings. The lowest BCUT2D eigenvalue weighted by molar-refractivity contribution is 0.0526. The molecule has 1 aromatic heterocycles. The Morgan fingerprint density at radius 1 is 1.39 bits per heavy atom. The van der Waals surface area contributed by atoms with Gasteiger partial charge in [-0.25, -0.2) is 9.78 Å². The van der Waals surface area contributed by atoms with E-state index in [1.807, 2.05) is 6.07 Å². The molecule has 1 aromatic carbocycles. The largest absolute Gasteiger partial charge is 0.462 e. The van der Waals surface area contributed by atoms with Crippen LogP contribution in [0.25, 0.3) is 0 Å². The lowest BCUT2D eigenvalue weighted by atomic mass is 10.1. The summed E-state index contributed by atoms with van der Waals surface area (Å²) in [4.78, 5) is 16.0. The number of nitrogens with zero attached hydrogens (tertiary/aromatic N) is 1. The van der Waals surface area contributed by atoms with Gasteiger partial charge in [0.2, 0.25) is 0 Å². The first-order chi connectivity index (χ1) is 11.1. The Morgan fingerprint density at radius 3 is 2.83 bits per heavy atom. The molecule has 7 heteroatoms. The van der Waals surface area contributed by atoms with Crippen LogP contribution in [0, 0.1) is 5.41 Å². The average Bonchev–Trinajstić information content (AvgIpc) is 2.54. The SMILES string of the molecule is CCOC(=O)c1cccc(Nc2ccnc(NC)c2C(=N)Br)c1. The fourth-order valence-electron chi connectivity index (χ4n) is 2.07. The summed E-state index contributed by atoms with van der Waals surface area (Å²) in [5.41, 5.74) is 2.50. The maximum absolute atomic E-state index is 11.8. The predicted molar refractivity (Wildman–Crippen MR) is 95.2 cm³/mol. The standard InChI is InChI=1S/C16H17BrN4O2/c1-3-23-16(22)10-5-4-6-11(9-10)21-12-7-8-20-15(19-2)13(12)14(17)18/h4-9,18H,3H2,1-2H3,(H2,19,20,21). The summed E-state index contributed by atoms with van der Waals surface area (Å²) in [6, 6.07) is 8.78. The fraction of sp³-hybridized carbons (Fsp3) is 0.188. The quantitative estimate of drug-likeness (QED) is 0.527. The molecular formula is C16H17BrN4O2. The van der Waals surface area contributed by atoms with Gasteiger partial charge in [-0.2, -0.15) is 0 Å². The highest BCUT2D eigenvalue weighted by atomic mass is 79.9. The molecule has 0 atom stereocenters. The lowest BCUT2D eigenvalue weighted by Crippen LogP contribution is -2.07. The molecule has 0 radical (unpaired) electrons. The van der Waals surface area contributed by atoms with Crippen molar-refractivity contribution in [3.63, 3.8) is 0 Å². The van der Waals surface area contributed by atoms with E-state index in [0.717, 1.165) is 5.69 Å². The van der Waals surface area contributed by atoms with Crippen molar-refractivity contribution in [1.82, 2.24) is 4.98 Å². The van der Waals surface area contributed by atoms with Crippen LogP contribution in [-0.2, 0) is 4.74 Å². The van der Waals surface area contributed by atoms with Gasteiger partial charge in [-0.1, -0.05) is 6.07 Å². The summed E-state index contributed by atoms with van der Waals surface area (Å²) >= 11 is 3.19. The second-order valence-corrected chi connectivity index (χ2v) is 5.37. The van der Waals surface area contributed by atoms with Gasteiger partial charge < -0.3 is 15.4 Å². The Balaban J connectivity index is 2.35. The molecule has 1 heterocycles. The maximum Gasteiger partial charge on any atom is 0.338 e. The number of carbonyl (C=O) groups excluding carboxylic acids is 1. The van der Waals surface area contributed by atoms with Crippen LogP contribution in [0.4, 0.5) is 17.2 Å². The average molecular weight is 377 g/mol. The van der Waals surface area contributed by atoms with Crippen LogP contribution in [0.2, 0.25) is 0 Å². The molecule has 0 spiro atoms. The molecule has 2 rings (SSSR count). The number of esters is 1. The van der Waals surface area contributed by atoms with Crippen molar-refractivity contribution in [2.75, 3.05) is 24.3 Å². The van der Waals surface area contributed by atoms with E-state index in [-0.39, 0.29) is 10.6 Å². The van der Waals surface area contributed by atoms with Crippen molar-refractivity contribution in [1.29, 1.82) is 5.41 Å². The minimum Gasteiger partial charge on any atom is -0.462 e. The molecule has 0 saturated carbocycles. The van der Waals surface area contributed by atoms with Gasteiger partial charge in [0.1, 0.15) is 10.4 Å². The van der Waals surface area contributed by atoms with E-state index in [0.29, 0.717) is 29.2 Å². The van der Waals surface area contributed by atoms with E-state index >= 15 is 0 Å². The van der Waals surface area contributed by atoms with Crippen LogP contribution in [0.15, 0.2) is 36.5 Å². The van der Waals surface area contributed by atoms with Crippen LogP contribution in [-0.4, -0.2) is 29.2 Å². The number of ether oxygens (including phenoxy) is 1. The first kappa shape index (κ1) is 17.0. The fourth-order valence-corrected chi connectivity index (χ4v) is 2.47. The first-order valence-electron chi connectivity index (χ1n) is 7.02. The van der Waals surface area contributed by atoms with Gasteiger partial charge >= 0.3 is 5.97 Å². The molecule has 0 fully saturated rings. The minimum atomic E-state index is -0.366. The molecule has 23 heavy (non-hydrogen) atoms. The van der Waals surface area contributed by atoms with Gasteiger partial charge in [0.05, 0.1) is 23.4 Å². The second-order valence-electron chi connectivity index (χ2n) is 4.57. The highest BCUT2D eigenvalue weighted by molar-refractivity contribution is 9.18. The zero-order chi connectivity index (χ0) is 16.8. The monoisotopic (exact) mass is 376 g/mol. The van der Waals surface area contributed by atoms with Crippen molar-refractivity contribution < 1.29 is 9.53 Å². The molecule has 3 N–H and O–H groups in total. The van der Waals surface area contributed by atoms with Crippen LogP contribution in [0.5, 0.6) is 0 Å². The summed E-state index contributed by atoms with van der Waals surface area (Å²) in [5, 5.41) is 14.0. The molecule has 120 valence electrons. The van der Waals surface area contributed by atoms with E-state index in [4.69, 9.17) is 10.1 Å². The Labute approximate surface area is 142 Å². The van der Waals surface area contributed by atoms with Crippen molar-refractivity contribution in [3.8, 4) is 0 Å². The molecule has 0 bridgehead atoms. The highest BCUT2D eigenvalue weighted by Crippen LogP contribution is 2.27. The van der Waals surface area contributed by atoms with Crippen LogP contribution in [0.1, 0.15) is 22.8 Å². The Hall–Kier alpha value is -2.41. The van der Waals surface area contributed by atoms with E-state index in [9.17, 15) is 4.79 Å². The van der Waals surface area contributed by atoms with Gasteiger partial charge in [0.15, 0.2) is 0 Å². The molecule has 0 amide bonds. The van der Waals surface area contributed by atoms with Crippen LogP contribution in [0.3, 0.4) is 0 Å². The zero-order valence-electron chi connectivity index (χ0n) is 12.8. The molecule has 0 unspecified atom stereocenters. The third-order valence-corrected chi connectivity index (χ3v) is 3.46. The number of anilines is 3. The van der Waals surface area contributed by atoms with E-state index in [1.165, 1.54) is 0 Å². The van der Waals surface area contributed by atoms with Gasteiger partial charge in [-0.05, 0) is 47.1 Å². The Kier molecular flexibility index (Phi) is 5.70. The van der Waals surface area contributed by atoms with Crippen LogP contribution >= 0.6 is 15.9 Å². The molecular weight excluding hydrogens is 360 g/mol. The van der Waals surface area contributed by atoms with Gasteiger partial charge in [-0.15, -0.1) is 0 Å². The second kappa shape index (κ2) is 7.73. The number of rotatable bonds is 6. The van der Waals surface area contributed by atoms with E-state index < -0.39 is 0 Å². The normalized spacial score (nSPS) is 10.0. The maximum atomic E-state index is 11.8. The smallest absolute Gasteiger partial charge is 0.338 e. The van der Waals surface area contributed by atoms with Crippen molar-refractivity contribution >= 4 is 43.7 Å². The van der Waals surface area contributed by atoms with Crippen molar-refractivity contribution in [2.24, 2.45) is 0 Å². The van der Waals surface area contributed by atoms with Gasteiger partial charge in [0, 0.05) is 18.9 Å². The van der Waals surface area contributed by atoms with Crippen molar-refractivity contribution in [3.05, 3.63) is 47.7 Å². The third-order valence-electron chi connectivity index (χ3n) is 3.06. The predicted octanol–water partition coefficient (Wildman–Crippen LogP) is 3.76. The Morgan fingerprint density at radius 2 is 2.17 bits per heavy atom. The number of halogens is 1. The molecule has 0 aliphatic heterocycles. The summed E-state index contributed by atoms with van der Waals surface area (Å²) in [6.45, 7) is 2.10. The molecule has 2 aromatic rings. The Bertz CT molecular complexity index is 734. The number of hydrogen-bond acceptors (Lipinski definition) is 6.